The molecule has 0 aliphatic carbocycles. The fraction of sp³-hybridized carbons (Fsp3) is 0.600. The number of aliphatic hydroxyl groups excluding tert-OH is 5. The van der Waals surface area contributed by atoms with Crippen LogP contribution in [0.15, 0.2) is 30.3 Å². The molecule has 22 heavy (non-hydrogen) atoms. The molecule has 0 aliphatic heterocycles. The molecule has 0 amide bonds. The Labute approximate surface area is 129 Å². The topological polar surface area (TPSA) is 120 Å². The van der Waals surface area contributed by atoms with Gasteiger partial charge in [-0.25, -0.2) is 0 Å². The zero-order chi connectivity index (χ0) is 16.4. The average molecular weight is 316 g/mol. The van der Waals surface area contributed by atoms with Crippen molar-refractivity contribution >= 4 is 0 Å². The van der Waals surface area contributed by atoms with Gasteiger partial charge in [-0.05, 0) is 12.0 Å². The lowest BCUT2D eigenvalue weighted by molar-refractivity contribution is -0.207. The van der Waals surface area contributed by atoms with Crippen molar-refractivity contribution in [1.29, 1.82) is 0 Å². The van der Waals surface area contributed by atoms with Gasteiger partial charge in [0.1, 0.15) is 12.2 Å². The van der Waals surface area contributed by atoms with Crippen molar-refractivity contribution in [3.05, 3.63) is 35.9 Å². The maximum absolute atomic E-state index is 9.61. The van der Waals surface area contributed by atoms with Gasteiger partial charge in [0.05, 0.1) is 25.9 Å². The quantitative estimate of drug-likeness (QED) is 0.262. The van der Waals surface area contributed by atoms with Gasteiger partial charge in [-0.15, -0.1) is 0 Å². The minimum absolute atomic E-state index is 0.0217. The molecule has 126 valence electrons. The molecule has 1 aromatic carbocycles. The van der Waals surface area contributed by atoms with Crippen molar-refractivity contribution in [1.82, 2.24) is 0 Å². The number of aliphatic hydroxyl groups is 5. The lowest BCUT2D eigenvalue weighted by Gasteiger charge is -2.26. The van der Waals surface area contributed by atoms with E-state index in [0.717, 1.165) is 5.56 Å². The SMILES string of the molecule is OCCC(O)C(O)C(O)C(O)OCCOCc1ccccc1. The van der Waals surface area contributed by atoms with Crippen LogP contribution in [0.1, 0.15) is 12.0 Å². The van der Waals surface area contributed by atoms with Crippen LogP contribution in [0.25, 0.3) is 0 Å². The Morgan fingerprint density at radius 1 is 0.909 bits per heavy atom. The third kappa shape index (κ3) is 6.80. The van der Waals surface area contributed by atoms with E-state index in [1.54, 1.807) is 0 Å². The maximum atomic E-state index is 9.61. The molecule has 0 saturated carbocycles. The van der Waals surface area contributed by atoms with Gasteiger partial charge in [0.15, 0.2) is 6.29 Å². The Morgan fingerprint density at radius 3 is 2.23 bits per heavy atom. The van der Waals surface area contributed by atoms with Gasteiger partial charge in [0, 0.05) is 6.61 Å². The first kappa shape index (κ1) is 19.0. The minimum Gasteiger partial charge on any atom is -0.396 e. The molecule has 1 rings (SSSR count). The predicted molar refractivity (Wildman–Crippen MR) is 77.8 cm³/mol. The monoisotopic (exact) mass is 316 g/mol. The number of ether oxygens (including phenoxy) is 2. The molecule has 0 heterocycles. The van der Waals surface area contributed by atoms with E-state index in [0.29, 0.717) is 6.61 Å². The van der Waals surface area contributed by atoms with Crippen LogP contribution in [0.4, 0.5) is 0 Å². The van der Waals surface area contributed by atoms with Crippen LogP contribution in [0.2, 0.25) is 0 Å². The summed E-state index contributed by atoms with van der Waals surface area (Å²) in [7, 11) is 0. The highest BCUT2D eigenvalue weighted by Crippen LogP contribution is 2.09. The van der Waals surface area contributed by atoms with Gasteiger partial charge in [0.25, 0.3) is 0 Å². The third-order valence-electron chi connectivity index (χ3n) is 3.09. The van der Waals surface area contributed by atoms with Gasteiger partial charge >= 0.3 is 0 Å². The molecule has 0 aliphatic rings. The van der Waals surface area contributed by atoms with Gasteiger partial charge < -0.3 is 35.0 Å². The summed E-state index contributed by atoms with van der Waals surface area (Å²) in [5, 5.41) is 46.8. The molecule has 7 heteroatoms. The van der Waals surface area contributed by atoms with E-state index in [4.69, 9.17) is 14.6 Å². The summed E-state index contributed by atoms with van der Waals surface area (Å²) in [6, 6.07) is 9.53. The van der Waals surface area contributed by atoms with E-state index in [1.807, 2.05) is 30.3 Å². The van der Waals surface area contributed by atoms with Crippen molar-refractivity contribution in [3.63, 3.8) is 0 Å². The first-order valence-corrected chi connectivity index (χ1v) is 7.12. The molecule has 0 spiro atoms. The number of rotatable bonds is 11. The van der Waals surface area contributed by atoms with E-state index >= 15 is 0 Å². The molecular weight excluding hydrogens is 292 g/mol. The fourth-order valence-corrected chi connectivity index (χ4v) is 1.79. The molecule has 0 saturated heterocycles. The largest absolute Gasteiger partial charge is 0.396 e. The Morgan fingerprint density at radius 2 is 1.59 bits per heavy atom. The van der Waals surface area contributed by atoms with E-state index in [-0.39, 0.29) is 26.2 Å². The summed E-state index contributed by atoms with van der Waals surface area (Å²) in [5.41, 5.74) is 1.01. The maximum Gasteiger partial charge on any atom is 0.183 e. The average Bonchev–Trinajstić information content (AvgIpc) is 2.54. The van der Waals surface area contributed by atoms with E-state index in [9.17, 15) is 20.4 Å². The smallest absolute Gasteiger partial charge is 0.183 e. The zero-order valence-electron chi connectivity index (χ0n) is 12.3. The van der Waals surface area contributed by atoms with Crippen LogP contribution >= 0.6 is 0 Å². The van der Waals surface area contributed by atoms with E-state index < -0.39 is 24.6 Å². The van der Waals surface area contributed by atoms with Gasteiger partial charge in [-0.3, -0.25) is 0 Å². The summed E-state index contributed by atoms with van der Waals surface area (Å²) >= 11 is 0. The molecule has 7 nitrogen and oxygen atoms in total. The second-order valence-electron chi connectivity index (χ2n) is 4.86. The molecule has 1 aromatic rings. The summed E-state index contributed by atoms with van der Waals surface area (Å²) in [5.74, 6) is 0. The molecule has 5 N–H and O–H groups in total. The first-order chi connectivity index (χ1) is 10.6. The van der Waals surface area contributed by atoms with Crippen LogP contribution in [-0.2, 0) is 16.1 Å². The summed E-state index contributed by atoms with van der Waals surface area (Å²) in [6.45, 7) is 0.289. The second-order valence-corrected chi connectivity index (χ2v) is 4.86. The van der Waals surface area contributed by atoms with Crippen molar-refractivity contribution < 1.29 is 35.0 Å². The van der Waals surface area contributed by atoms with Crippen molar-refractivity contribution in [2.45, 2.75) is 37.6 Å². The highest BCUT2D eigenvalue weighted by atomic mass is 16.6. The van der Waals surface area contributed by atoms with Crippen LogP contribution in [0.5, 0.6) is 0 Å². The van der Waals surface area contributed by atoms with Crippen molar-refractivity contribution in [3.8, 4) is 0 Å². The summed E-state index contributed by atoms with van der Waals surface area (Å²) in [6.07, 6.45) is -6.37. The molecule has 4 atom stereocenters. The summed E-state index contributed by atoms with van der Waals surface area (Å²) in [4.78, 5) is 0. The predicted octanol–water partition coefficient (Wildman–Crippen LogP) is -0.997. The fourth-order valence-electron chi connectivity index (χ4n) is 1.79. The normalized spacial score (nSPS) is 17.0. The lowest BCUT2D eigenvalue weighted by Crippen LogP contribution is -2.46. The molecule has 0 fully saturated rings. The molecular formula is C15H24O7. The van der Waals surface area contributed by atoms with Crippen LogP contribution < -0.4 is 0 Å². The van der Waals surface area contributed by atoms with Gasteiger partial charge in [-0.1, -0.05) is 30.3 Å². The van der Waals surface area contributed by atoms with Crippen LogP contribution in [0, 0.1) is 0 Å². The molecule has 0 radical (unpaired) electrons. The number of benzene rings is 1. The Kier molecular flexibility index (Phi) is 9.17. The Bertz CT molecular complexity index is 387. The Balaban J connectivity index is 2.18. The number of hydrogen-bond acceptors (Lipinski definition) is 7. The van der Waals surface area contributed by atoms with Crippen LogP contribution in [-0.4, -0.2) is 70.0 Å². The van der Waals surface area contributed by atoms with E-state index in [1.165, 1.54) is 0 Å². The molecule has 0 aromatic heterocycles. The molecule has 4 unspecified atom stereocenters. The Hall–Kier alpha value is -1.06. The summed E-state index contributed by atoms with van der Waals surface area (Å²) < 4.78 is 10.3. The molecule has 0 bridgehead atoms. The van der Waals surface area contributed by atoms with Crippen molar-refractivity contribution in [2.75, 3.05) is 19.8 Å². The zero-order valence-corrected chi connectivity index (χ0v) is 12.3. The first-order valence-electron chi connectivity index (χ1n) is 7.12. The van der Waals surface area contributed by atoms with E-state index in [2.05, 4.69) is 0 Å². The van der Waals surface area contributed by atoms with Gasteiger partial charge in [0.2, 0.25) is 0 Å². The second kappa shape index (κ2) is 10.6. The standard InChI is InChI=1S/C15H24O7/c16-7-6-12(17)13(18)14(19)15(20)22-9-8-21-10-11-4-2-1-3-5-11/h1-5,12-20H,6-10H2. The van der Waals surface area contributed by atoms with Gasteiger partial charge in [-0.2, -0.15) is 0 Å². The number of hydrogen-bond donors (Lipinski definition) is 5. The van der Waals surface area contributed by atoms with Crippen molar-refractivity contribution in [2.24, 2.45) is 0 Å². The van der Waals surface area contributed by atoms with Crippen LogP contribution in [0.3, 0.4) is 0 Å². The highest BCUT2D eigenvalue weighted by molar-refractivity contribution is 5.13. The minimum atomic E-state index is -1.67. The third-order valence-corrected chi connectivity index (χ3v) is 3.09. The highest BCUT2D eigenvalue weighted by Gasteiger charge is 2.30. The lowest BCUT2D eigenvalue weighted by atomic mass is 10.1.